The number of hydrogen-bond acceptors (Lipinski definition) is 4. The highest BCUT2D eigenvalue weighted by atomic mass is 16.3. The van der Waals surface area contributed by atoms with Crippen LogP contribution < -0.4 is 4.90 Å². The van der Waals surface area contributed by atoms with Gasteiger partial charge in [-0.2, -0.15) is 0 Å². The molecule has 1 atom stereocenters. The standard InChI is InChI=1S/C21H22N4O2/c1-2-3-13-24-14-17(22-23-24)15-25-19-12-8-7-11-18(19)21(27,20(25)26)16-9-5-4-6-10-16/h4-12,14,27H,2-3,13,15H2,1H3/t21-/m1/s1. The summed E-state index contributed by atoms with van der Waals surface area (Å²) in [5.74, 6) is -0.363. The first-order valence-electron chi connectivity index (χ1n) is 9.23. The van der Waals surface area contributed by atoms with Crippen molar-refractivity contribution in [2.45, 2.75) is 38.5 Å². The Morgan fingerprint density at radius 1 is 1.07 bits per heavy atom. The van der Waals surface area contributed by atoms with Crippen molar-refractivity contribution < 1.29 is 9.90 Å². The largest absolute Gasteiger partial charge is 0.372 e. The second-order valence-corrected chi connectivity index (χ2v) is 6.81. The monoisotopic (exact) mass is 362 g/mol. The molecule has 1 aliphatic rings. The number of benzene rings is 2. The number of rotatable bonds is 6. The number of anilines is 1. The number of amides is 1. The molecule has 0 fully saturated rings. The van der Waals surface area contributed by atoms with Crippen LogP contribution in [-0.2, 0) is 23.5 Å². The molecule has 0 saturated carbocycles. The SMILES string of the molecule is CCCCn1cc(CN2C(=O)[C@@](O)(c3ccccc3)c3ccccc32)nn1. The third-order valence-corrected chi connectivity index (χ3v) is 4.98. The quantitative estimate of drug-likeness (QED) is 0.732. The average Bonchev–Trinajstić information content (AvgIpc) is 3.25. The first-order valence-corrected chi connectivity index (χ1v) is 9.23. The minimum absolute atomic E-state index is 0.275. The molecule has 0 aliphatic carbocycles. The van der Waals surface area contributed by atoms with E-state index in [1.54, 1.807) is 27.8 Å². The minimum Gasteiger partial charge on any atom is -0.372 e. The molecule has 1 N–H and O–H groups in total. The van der Waals surface area contributed by atoms with Crippen molar-refractivity contribution in [1.29, 1.82) is 0 Å². The lowest BCUT2D eigenvalue weighted by molar-refractivity contribution is -0.132. The summed E-state index contributed by atoms with van der Waals surface area (Å²) in [5.41, 5.74) is 0.885. The van der Waals surface area contributed by atoms with Crippen molar-refractivity contribution in [2.24, 2.45) is 0 Å². The van der Waals surface area contributed by atoms with Gasteiger partial charge in [0.25, 0.3) is 5.91 Å². The van der Waals surface area contributed by atoms with Gasteiger partial charge in [-0.1, -0.05) is 67.1 Å². The lowest BCUT2D eigenvalue weighted by atomic mass is 9.88. The van der Waals surface area contributed by atoms with E-state index in [-0.39, 0.29) is 12.5 Å². The normalized spacial score (nSPS) is 18.7. The van der Waals surface area contributed by atoms with Crippen molar-refractivity contribution in [1.82, 2.24) is 15.0 Å². The fourth-order valence-corrected chi connectivity index (χ4v) is 3.55. The highest BCUT2D eigenvalue weighted by Gasteiger charge is 2.50. The number of aromatic nitrogens is 3. The number of unbranched alkanes of at least 4 members (excludes halogenated alkanes) is 1. The van der Waals surface area contributed by atoms with Gasteiger partial charge >= 0.3 is 0 Å². The van der Waals surface area contributed by atoms with Gasteiger partial charge in [0.15, 0.2) is 5.60 Å². The van der Waals surface area contributed by atoms with E-state index in [4.69, 9.17) is 0 Å². The van der Waals surface area contributed by atoms with Gasteiger partial charge in [-0.15, -0.1) is 5.10 Å². The van der Waals surface area contributed by atoms with Gasteiger partial charge in [-0.3, -0.25) is 9.48 Å². The van der Waals surface area contributed by atoms with Gasteiger partial charge in [0.2, 0.25) is 0 Å². The summed E-state index contributed by atoms with van der Waals surface area (Å²) in [6.07, 6.45) is 3.98. The zero-order valence-corrected chi connectivity index (χ0v) is 15.2. The van der Waals surface area contributed by atoms with Crippen molar-refractivity contribution in [3.8, 4) is 0 Å². The van der Waals surface area contributed by atoms with Gasteiger partial charge in [0.1, 0.15) is 5.69 Å². The molecule has 3 aromatic rings. The van der Waals surface area contributed by atoms with Gasteiger partial charge < -0.3 is 10.0 Å². The topological polar surface area (TPSA) is 71.2 Å². The summed E-state index contributed by atoms with van der Waals surface area (Å²) < 4.78 is 1.80. The van der Waals surface area contributed by atoms with Gasteiger partial charge in [-0.05, 0) is 18.1 Å². The number of aliphatic hydroxyl groups is 1. The molecule has 0 unspecified atom stereocenters. The molecule has 2 aromatic carbocycles. The molecule has 1 aromatic heterocycles. The number of aryl methyl sites for hydroxylation is 1. The minimum atomic E-state index is -1.68. The maximum absolute atomic E-state index is 13.3. The van der Waals surface area contributed by atoms with E-state index in [0.29, 0.717) is 22.5 Å². The summed E-state index contributed by atoms with van der Waals surface area (Å²) >= 11 is 0. The Kier molecular flexibility index (Phi) is 4.49. The van der Waals surface area contributed by atoms with Crippen LogP contribution in [0.4, 0.5) is 5.69 Å². The number of carbonyl (C=O) groups is 1. The summed E-state index contributed by atoms with van der Waals surface area (Å²) in [6.45, 7) is 3.21. The van der Waals surface area contributed by atoms with Crippen LogP contribution in [-0.4, -0.2) is 26.0 Å². The Labute approximate surface area is 158 Å². The molecule has 0 spiro atoms. The van der Waals surface area contributed by atoms with Crippen LogP contribution in [0.25, 0.3) is 0 Å². The molecule has 27 heavy (non-hydrogen) atoms. The van der Waals surface area contributed by atoms with E-state index >= 15 is 0 Å². The molecule has 1 aliphatic heterocycles. The Bertz CT molecular complexity index is 954. The molecule has 0 saturated heterocycles. The molecule has 1 amide bonds. The van der Waals surface area contributed by atoms with Crippen molar-refractivity contribution in [2.75, 3.05) is 4.90 Å². The second-order valence-electron chi connectivity index (χ2n) is 6.81. The van der Waals surface area contributed by atoms with Crippen molar-refractivity contribution >= 4 is 11.6 Å². The maximum Gasteiger partial charge on any atom is 0.268 e. The number of para-hydroxylation sites is 1. The molecular formula is C21H22N4O2. The van der Waals surface area contributed by atoms with E-state index in [9.17, 15) is 9.90 Å². The Hall–Kier alpha value is -2.99. The number of fused-ring (bicyclic) bond motifs is 1. The van der Waals surface area contributed by atoms with Crippen LogP contribution in [0.15, 0.2) is 60.8 Å². The number of carbonyl (C=O) groups excluding carboxylic acids is 1. The van der Waals surface area contributed by atoms with Crippen LogP contribution in [0.2, 0.25) is 0 Å². The molecule has 6 heteroatoms. The second kappa shape index (κ2) is 6.96. The first-order chi connectivity index (χ1) is 13.1. The van der Waals surface area contributed by atoms with Crippen LogP contribution >= 0.6 is 0 Å². The first kappa shape index (κ1) is 17.4. The van der Waals surface area contributed by atoms with Crippen LogP contribution in [0, 0.1) is 0 Å². The molecule has 4 rings (SSSR count). The Balaban J connectivity index is 1.69. The lowest BCUT2D eigenvalue weighted by Gasteiger charge is -2.23. The predicted octanol–water partition coefficient (Wildman–Crippen LogP) is 2.86. The van der Waals surface area contributed by atoms with E-state index in [0.717, 1.165) is 19.4 Å². The highest BCUT2D eigenvalue weighted by Crippen LogP contribution is 2.44. The van der Waals surface area contributed by atoms with E-state index < -0.39 is 5.60 Å². The zero-order valence-electron chi connectivity index (χ0n) is 15.2. The number of hydrogen-bond donors (Lipinski definition) is 1. The van der Waals surface area contributed by atoms with Crippen LogP contribution in [0.3, 0.4) is 0 Å². The van der Waals surface area contributed by atoms with Gasteiger partial charge in [0, 0.05) is 12.1 Å². The summed E-state index contributed by atoms with van der Waals surface area (Å²) in [6, 6.07) is 16.4. The molecule has 0 radical (unpaired) electrons. The third kappa shape index (κ3) is 2.92. The van der Waals surface area contributed by atoms with E-state index in [1.165, 1.54) is 0 Å². The smallest absolute Gasteiger partial charge is 0.268 e. The molecular weight excluding hydrogens is 340 g/mol. The van der Waals surface area contributed by atoms with Crippen molar-refractivity contribution in [3.05, 3.63) is 77.6 Å². The summed E-state index contributed by atoms with van der Waals surface area (Å²) in [4.78, 5) is 14.9. The third-order valence-electron chi connectivity index (χ3n) is 4.98. The van der Waals surface area contributed by atoms with Crippen LogP contribution in [0.1, 0.15) is 36.6 Å². The summed E-state index contributed by atoms with van der Waals surface area (Å²) in [7, 11) is 0. The predicted molar refractivity (Wildman–Crippen MR) is 102 cm³/mol. The fourth-order valence-electron chi connectivity index (χ4n) is 3.55. The van der Waals surface area contributed by atoms with E-state index in [1.807, 2.05) is 42.6 Å². The van der Waals surface area contributed by atoms with Crippen LogP contribution in [0.5, 0.6) is 0 Å². The van der Waals surface area contributed by atoms with Gasteiger partial charge in [0.05, 0.1) is 18.4 Å². The average molecular weight is 362 g/mol. The lowest BCUT2D eigenvalue weighted by Crippen LogP contribution is -2.40. The summed E-state index contributed by atoms with van der Waals surface area (Å²) in [5, 5.41) is 19.8. The molecule has 138 valence electrons. The van der Waals surface area contributed by atoms with Gasteiger partial charge in [-0.25, -0.2) is 0 Å². The number of nitrogens with zero attached hydrogens (tertiary/aromatic N) is 4. The van der Waals surface area contributed by atoms with Crippen molar-refractivity contribution in [3.63, 3.8) is 0 Å². The fraction of sp³-hybridized carbons (Fsp3) is 0.286. The van der Waals surface area contributed by atoms with E-state index in [2.05, 4.69) is 17.2 Å². The molecule has 0 bridgehead atoms. The zero-order chi connectivity index (χ0) is 18.9. The Morgan fingerprint density at radius 3 is 2.59 bits per heavy atom. The molecule has 2 heterocycles. The molecule has 6 nitrogen and oxygen atoms in total. The maximum atomic E-state index is 13.3. The Morgan fingerprint density at radius 2 is 1.81 bits per heavy atom. The highest BCUT2D eigenvalue weighted by molar-refractivity contribution is 6.08.